The van der Waals surface area contributed by atoms with Crippen molar-refractivity contribution in [2.45, 2.75) is 76.9 Å². The molecular formula is C31H43FN6O5Si. The van der Waals surface area contributed by atoms with Gasteiger partial charge in [-0.2, -0.15) is 0 Å². The minimum atomic E-state index is -2.25. The van der Waals surface area contributed by atoms with Crippen molar-refractivity contribution in [1.29, 1.82) is 0 Å². The second kappa shape index (κ2) is 13.5. The summed E-state index contributed by atoms with van der Waals surface area (Å²) in [4.78, 5) is 37.0. The summed E-state index contributed by atoms with van der Waals surface area (Å²) in [5.74, 6) is -0.00344. The number of aliphatic imine (C=N–C) groups is 3. The van der Waals surface area contributed by atoms with Gasteiger partial charge in [-0.15, -0.1) is 0 Å². The van der Waals surface area contributed by atoms with E-state index < -0.39 is 32.2 Å². The summed E-state index contributed by atoms with van der Waals surface area (Å²) in [6, 6.07) is 9.21. The van der Waals surface area contributed by atoms with Crippen LogP contribution in [-0.2, 0) is 18.8 Å². The van der Waals surface area contributed by atoms with Crippen LogP contribution in [0, 0.1) is 11.7 Å². The second-order valence-corrected chi connectivity index (χ2v) is 17.2. The third kappa shape index (κ3) is 7.51. The lowest BCUT2D eigenvalue weighted by Gasteiger charge is -2.38. The highest BCUT2D eigenvalue weighted by Crippen LogP contribution is 2.40. The minimum absolute atomic E-state index is 0.0843. The van der Waals surface area contributed by atoms with Crippen molar-refractivity contribution >= 4 is 31.8 Å². The number of hydroxylamine groups is 1. The van der Waals surface area contributed by atoms with Crippen LogP contribution >= 0.6 is 0 Å². The van der Waals surface area contributed by atoms with Crippen LogP contribution in [0.15, 0.2) is 51.4 Å². The molecule has 2 aliphatic heterocycles. The van der Waals surface area contributed by atoms with Gasteiger partial charge in [-0.1, -0.05) is 32.9 Å². The Morgan fingerprint density at radius 3 is 2.61 bits per heavy atom. The molecule has 1 aromatic carbocycles. The van der Waals surface area contributed by atoms with Gasteiger partial charge >= 0.3 is 5.97 Å². The maximum atomic E-state index is 14.5. The van der Waals surface area contributed by atoms with Gasteiger partial charge in [0.15, 0.2) is 8.32 Å². The second-order valence-electron chi connectivity index (χ2n) is 12.5. The Labute approximate surface area is 259 Å². The van der Waals surface area contributed by atoms with Crippen molar-refractivity contribution in [2.75, 3.05) is 20.8 Å². The minimum Gasteiger partial charge on any atom is -0.481 e. The summed E-state index contributed by atoms with van der Waals surface area (Å²) < 4.78 is 31.2. The molecule has 3 heterocycles. The maximum Gasteiger partial charge on any atom is 0.333 e. The number of fused-ring (bicyclic) bond motifs is 1. The Morgan fingerprint density at radius 1 is 1.18 bits per heavy atom. The van der Waals surface area contributed by atoms with Crippen LogP contribution in [0.4, 0.5) is 4.39 Å². The van der Waals surface area contributed by atoms with E-state index in [9.17, 15) is 9.18 Å². The molecule has 0 aliphatic carbocycles. The molecule has 4 atom stereocenters. The predicted octanol–water partition coefficient (Wildman–Crippen LogP) is 4.99. The largest absolute Gasteiger partial charge is 0.481 e. The SMILES string of the molecule is COC(=O)[C@H](CCONC1=NC(c2ccc(F)cc2-c2cccc(OC)n2)C[C@H]2N=C(N)N=C(C)C12)O[Si](C)(C)C(C)(C)C. The Kier molecular flexibility index (Phi) is 10.2. The van der Waals surface area contributed by atoms with Crippen LogP contribution in [0.2, 0.25) is 18.1 Å². The predicted molar refractivity (Wildman–Crippen MR) is 171 cm³/mol. The van der Waals surface area contributed by atoms with Crippen LogP contribution in [0.1, 0.15) is 52.1 Å². The molecule has 0 saturated carbocycles. The summed E-state index contributed by atoms with van der Waals surface area (Å²) in [6.45, 7) is 12.5. The van der Waals surface area contributed by atoms with Gasteiger partial charge in [0.2, 0.25) is 11.8 Å². The van der Waals surface area contributed by atoms with Gasteiger partial charge in [0.05, 0.1) is 44.5 Å². The van der Waals surface area contributed by atoms with Gasteiger partial charge < -0.3 is 19.6 Å². The van der Waals surface area contributed by atoms with Gasteiger partial charge in [-0.05, 0) is 55.2 Å². The number of esters is 1. The topological polar surface area (TPSA) is 142 Å². The third-order valence-corrected chi connectivity index (χ3v) is 12.9. The molecule has 13 heteroatoms. The van der Waals surface area contributed by atoms with E-state index in [4.69, 9.17) is 29.5 Å². The molecule has 0 saturated heterocycles. The first-order valence-electron chi connectivity index (χ1n) is 14.6. The summed E-state index contributed by atoms with van der Waals surface area (Å²) >= 11 is 0. The zero-order valence-electron chi connectivity index (χ0n) is 26.7. The zero-order valence-corrected chi connectivity index (χ0v) is 27.7. The number of carbonyl (C=O) groups is 1. The van der Waals surface area contributed by atoms with E-state index in [0.29, 0.717) is 29.4 Å². The van der Waals surface area contributed by atoms with E-state index in [0.717, 1.165) is 11.3 Å². The number of hydrogen-bond acceptors (Lipinski definition) is 11. The van der Waals surface area contributed by atoms with E-state index in [-0.39, 0.29) is 36.0 Å². The Hall–Kier alpha value is -3.68. The molecule has 2 aromatic rings. The monoisotopic (exact) mass is 626 g/mol. The van der Waals surface area contributed by atoms with E-state index in [1.807, 2.05) is 6.92 Å². The zero-order chi connectivity index (χ0) is 32.2. The smallest absolute Gasteiger partial charge is 0.333 e. The number of amidine groups is 1. The van der Waals surface area contributed by atoms with Crippen molar-refractivity contribution < 1.29 is 27.9 Å². The van der Waals surface area contributed by atoms with Crippen LogP contribution in [0.3, 0.4) is 0 Å². The number of methoxy groups -OCH3 is 2. The number of hydrogen-bond donors (Lipinski definition) is 2. The average Bonchev–Trinajstić information content (AvgIpc) is 2.97. The van der Waals surface area contributed by atoms with Crippen LogP contribution in [0.5, 0.6) is 5.88 Å². The molecule has 0 spiro atoms. The fourth-order valence-electron chi connectivity index (χ4n) is 5.09. The third-order valence-electron chi connectivity index (χ3n) is 8.43. The van der Waals surface area contributed by atoms with Gasteiger partial charge in [0.1, 0.15) is 17.8 Å². The molecule has 44 heavy (non-hydrogen) atoms. The highest BCUT2D eigenvalue weighted by atomic mass is 28.4. The number of nitrogens with zero attached hydrogens (tertiary/aromatic N) is 4. The average molecular weight is 627 g/mol. The molecular weight excluding hydrogens is 583 g/mol. The fraction of sp³-hybridized carbons (Fsp3) is 0.516. The number of carbonyl (C=O) groups excluding carboxylic acids is 1. The molecule has 0 bridgehead atoms. The lowest BCUT2D eigenvalue weighted by atomic mass is 9.82. The molecule has 0 fully saturated rings. The number of nitrogens with two attached hydrogens (primary N) is 1. The number of ether oxygens (including phenoxy) is 2. The van der Waals surface area contributed by atoms with Crippen LogP contribution in [-0.4, -0.2) is 69.7 Å². The quantitative estimate of drug-likeness (QED) is 0.163. The Balaban J connectivity index is 1.60. The fourth-order valence-corrected chi connectivity index (χ4v) is 6.36. The standard InChI is InChI=1S/C31H43FN6O5Si/c1-18-27-24(37-30(33)34-18)17-23(20-13-12-19(32)16-21(20)22-10-9-11-26(35-22)40-5)36-28(27)38-42-15-14-25(29(39)41-6)43-44(7,8)31(2,3)4/h9-13,16,23-25,27H,14-15,17H2,1-8H3,(H2,33,37)(H,36,38)/t23?,24-,25+,27?/m1/s1. The first kappa shape index (κ1) is 33.2. The Morgan fingerprint density at radius 2 is 1.93 bits per heavy atom. The summed E-state index contributed by atoms with van der Waals surface area (Å²) in [6.07, 6.45) is 0.0197. The molecule has 11 nitrogen and oxygen atoms in total. The molecule has 0 radical (unpaired) electrons. The highest BCUT2D eigenvalue weighted by molar-refractivity contribution is 6.74. The van der Waals surface area contributed by atoms with Crippen LogP contribution in [0.25, 0.3) is 11.3 Å². The summed E-state index contributed by atoms with van der Waals surface area (Å²) in [5.41, 5.74) is 11.7. The molecule has 3 N–H and O–H groups in total. The molecule has 0 amide bonds. The van der Waals surface area contributed by atoms with E-state index in [1.54, 1.807) is 24.3 Å². The number of guanidine groups is 1. The van der Waals surface area contributed by atoms with E-state index >= 15 is 0 Å². The summed E-state index contributed by atoms with van der Waals surface area (Å²) in [5, 5.41) is -0.0843. The van der Waals surface area contributed by atoms with E-state index in [2.05, 4.69) is 54.3 Å². The van der Waals surface area contributed by atoms with Crippen molar-refractivity contribution in [2.24, 2.45) is 26.6 Å². The van der Waals surface area contributed by atoms with Gasteiger partial charge in [0.25, 0.3) is 0 Å². The number of nitrogens with one attached hydrogen (secondary N) is 1. The highest BCUT2D eigenvalue weighted by Gasteiger charge is 2.42. The molecule has 2 unspecified atom stereocenters. The van der Waals surface area contributed by atoms with Crippen molar-refractivity contribution in [3.05, 3.63) is 47.8 Å². The van der Waals surface area contributed by atoms with Gasteiger partial charge in [-0.25, -0.2) is 24.2 Å². The first-order valence-corrected chi connectivity index (χ1v) is 17.6. The number of rotatable bonds is 10. The molecule has 4 rings (SSSR count). The number of benzene rings is 1. The number of aromatic nitrogens is 1. The summed E-state index contributed by atoms with van der Waals surface area (Å²) in [7, 11) is 0.631. The maximum absolute atomic E-state index is 14.5. The van der Waals surface area contributed by atoms with Crippen molar-refractivity contribution in [1.82, 2.24) is 10.5 Å². The van der Waals surface area contributed by atoms with Crippen molar-refractivity contribution in [3.63, 3.8) is 0 Å². The lowest BCUT2D eigenvalue weighted by molar-refractivity contribution is -0.150. The van der Waals surface area contributed by atoms with E-state index in [1.165, 1.54) is 26.4 Å². The van der Waals surface area contributed by atoms with Crippen LogP contribution < -0.4 is 16.0 Å². The molecule has 1 aromatic heterocycles. The normalized spacial score (nSPS) is 20.9. The molecule has 2 aliphatic rings. The van der Waals surface area contributed by atoms with Crippen molar-refractivity contribution in [3.8, 4) is 17.1 Å². The lowest BCUT2D eigenvalue weighted by Crippen LogP contribution is -2.48. The molecule has 238 valence electrons. The Bertz CT molecular complexity index is 1460. The number of halogens is 1. The first-order chi connectivity index (χ1) is 20.7. The number of pyridine rings is 1. The van der Waals surface area contributed by atoms with Gasteiger partial charge in [0, 0.05) is 23.8 Å². The van der Waals surface area contributed by atoms with Gasteiger partial charge in [-0.3, -0.25) is 15.3 Å².